The summed E-state index contributed by atoms with van der Waals surface area (Å²) < 4.78 is 41.8. The third kappa shape index (κ3) is 2.68. The quantitative estimate of drug-likeness (QED) is 0.544. The molecule has 0 atom stereocenters. The molecule has 2 aromatic carbocycles. The lowest BCUT2D eigenvalue weighted by Crippen LogP contribution is -2.07. The van der Waals surface area contributed by atoms with Crippen LogP contribution in [0.25, 0.3) is 16.9 Å². The zero-order valence-corrected chi connectivity index (χ0v) is 14.7. The number of aromatic nitrogens is 2. The summed E-state index contributed by atoms with van der Waals surface area (Å²) in [6.07, 6.45) is 1.15. The van der Waals surface area contributed by atoms with E-state index in [2.05, 4.69) is 4.98 Å². The first kappa shape index (κ1) is 16.5. The second-order valence-electron chi connectivity index (χ2n) is 6.02. The first-order valence-electron chi connectivity index (χ1n) is 8.01. The molecule has 0 aliphatic heterocycles. The van der Waals surface area contributed by atoms with Crippen LogP contribution in [0.15, 0.2) is 82.8 Å². The molecule has 130 valence electrons. The van der Waals surface area contributed by atoms with Gasteiger partial charge in [0.05, 0.1) is 4.90 Å². The van der Waals surface area contributed by atoms with E-state index in [0.717, 1.165) is 11.8 Å². The van der Waals surface area contributed by atoms with Crippen molar-refractivity contribution in [3.63, 3.8) is 0 Å². The van der Waals surface area contributed by atoms with E-state index in [4.69, 9.17) is 0 Å². The Hall–Kier alpha value is -2.99. The molecule has 0 aliphatic rings. The molecule has 6 heteroatoms. The number of nitrogens with zero attached hydrogens (tertiary/aromatic N) is 2. The van der Waals surface area contributed by atoms with Gasteiger partial charge < -0.3 is 0 Å². The van der Waals surface area contributed by atoms with Crippen molar-refractivity contribution in [2.45, 2.75) is 16.8 Å². The molecule has 0 unspecified atom stereocenters. The van der Waals surface area contributed by atoms with Crippen molar-refractivity contribution in [1.29, 1.82) is 0 Å². The molecule has 0 fully saturated rings. The van der Waals surface area contributed by atoms with Gasteiger partial charge in [-0.25, -0.2) is 17.8 Å². The Bertz CT molecular complexity index is 1200. The van der Waals surface area contributed by atoms with Crippen molar-refractivity contribution in [2.75, 3.05) is 0 Å². The van der Waals surface area contributed by atoms with Gasteiger partial charge in [0.15, 0.2) is 5.03 Å². The van der Waals surface area contributed by atoms with E-state index in [9.17, 15) is 12.8 Å². The van der Waals surface area contributed by atoms with Crippen LogP contribution in [0.4, 0.5) is 4.39 Å². The smallest absolute Gasteiger partial charge is 0.224 e. The van der Waals surface area contributed by atoms with Gasteiger partial charge in [-0.3, -0.25) is 4.40 Å². The van der Waals surface area contributed by atoms with E-state index >= 15 is 0 Å². The Kier molecular flexibility index (Phi) is 3.85. The van der Waals surface area contributed by atoms with Gasteiger partial charge in [0.25, 0.3) is 0 Å². The predicted molar refractivity (Wildman–Crippen MR) is 97.2 cm³/mol. The van der Waals surface area contributed by atoms with Gasteiger partial charge in [0.1, 0.15) is 17.2 Å². The van der Waals surface area contributed by atoms with Crippen LogP contribution in [0, 0.1) is 12.7 Å². The number of fused-ring (bicyclic) bond motifs is 1. The third-order valence-electron chi connectivity index (χ3n) is 4.17. The molecule has 0 radical (unpaired) electrons. The number of hydrogen-bond acceptors (Lipinski definition) is 3. The molecule has 4 rings (SSSR count). The summed E-state index contributed by atoms with van der Waals surface area (Å²) in [6.45, 7) is 1.88. The van der Waals surface area contributed by atoms with E-state index < -0.39 is 15.7 Å². The molecule has 0 spiro atoms. The monoisotopic (exact) mass is 366 g/mol. The molecule has 4 nitrogen and oxygen atoms in total. The molecule has 26 heavy (non-hydrogen) atoms. The SMILES string of the molecule is Cc1ccc(S(=O)(=O)c2c(-c3ccccc3)nc3ccc(F)cn23)cc1. The van der Waals surface area contributed by atoms with Crippen molar-refractivity contribution >= 4 is 15.5 Å². The van der Waals surface area contributed by atoms with Gasteiger partial charge in [-0.15, -0.1) is 0 Å². The number of sulfone groups is 1. The van der Waals surface area contributed by atoms with E-state index in [1.54, 1.807) is 36.4 Å². The highest BCUT2D eigenvalue weighted by molar-refractivity contribution is 7.91. The maximum Gasteiger partial charge on any atom is 0.224 e. The minimum absolute atomic E-state index is 0.0398. The number of halogens is 1. The molecule has 0 saturated carbocycles. The first-order valence-corrected chi connectivity index (χ1v) is 9.50. The van der Waals surface area contributed by atoms with Gasteiger partial charge in [0.2, 0.25) is 9.84 Å². The molecule has 0 aliphatic carbocycles. The van der Waals surface area contributed by atoms with Crippen molar-refractivity contribution < 1.29 is 12.8 Å². The maximum atomic E-state index is 13.8. The van der Waals surface area contributed by atoms with Crippen LogP contribution in [-0.4, -0.2) is 17.8 Å². The van der Waals surface area contributed by atoms with Crippen LogP contribution in [0.5, 0.6) is 0 Å². The summed E-state index contributed by atoms with van der Waals surface area (Å²) in [5.74, 6) is -0.533. The Labute approximate surface area is 150 Å². The van der Waals surface area contributed by atoms with Gasteiger partial charge in [-0.2, -0.15) is 0 Å². The minimum Gasteiger partial charge on any atom is -0.287 e. The van der Waals surface area contributed by atoms with Crippen LogP contribution >= 0.6 is 0 Å². The summed E-state index contributed by atoms with van der Waals surface area (Å²) in [6, 6.07) is 18.3. The number of aryl methyl sites for hydroxylation is 1. The van der Waals surface area contributed by atoms with E-state index in [1.165, 1.54) is 16.5 Å². The molecular weight excluding hydrogens is 351 g/mol. The fourth-order valence-corrected chi connectivity index (χ4v) is 4.41. The molecule has 2 heterocycles. The van der Waals surface area contributed by atoms with Crippen molar-refractivity contribution in [2.24, 2.45) is 0 Å². The van der Waals surface area contributed by atoms with Gasteiger partial charge in [-0.05, 0) is 31.2 Å². The average molecular weight is 366 g/mol. The van der Waals surface area contributed by atoms with Crippen molar-refractivity contribution in [3.8, 4) is 11.3 Å². The molecule has 4 aromatic rings. The lowest BCUT2D eigenvalue weighted by atomic mass is 10.2. The Morgan fingerprint density at radius 1 is 0.923 bits per heavy atom. The zero-order chi connectivity index (χ0) is 18.3. The number of hydrogen-bond donors (Lipinski definition) is 0. The molecule has 0 bridgehead atoms. The predicted octanol–water partition coefficient (Wildman–Crippen LogP) is 4.28. The van der Waals surface area contributed by atoms with E-state index in [1.807, 2.05) is 25.1 Å². The highest BCUT2D eigenvalue weighted by atomic mass is 32.2. The van der Waals surface area contributed by atoms with Crippen LogP contribution in [-0.2, 0) is 9.84 Å². The van der Waals surface area contributed by atoms with Crippen LogP contribution in [0.3, 0.4) is 0 Å². The fraction of sp³-hybridized carbons (Fsp3) is 0.0500. The van der Waals surface area contributed by atoms with Crippen molar-refractivity contribution in [3.05, 3.63) is 84.3 Å². The number of benzene rings is 2. The summed E-state index contributed by atoms with van der Waals surface area (Å²) in [5.41, 5.74) is 2.28. The van der Waals surface area contributed by atoms with Crippen LogP contribution in [0.2, 0.25) is 0 Å². The summed E-state index contributed by atoms with van der Waals surface area (Å²) in [7, 11) is -3.90. The third-order valence-corrected chi connectivity index (χ3v) is 5.96. The molecule has 2 aromatic heterocycles. The lowest BCUT2D eigenvalue weighted by Gasteiger charge is -2.08. The van der Waals surface area contributed by atoms with Gasteiger partial charge in [0, 0.05) is 11.8 Å². The zero-order valence-electron chi connectivity index (χ0n) is 13.9. The summed E-state index contributed by atoms with van der Waals surface area (Å²) in [5, 5.41) is -0.0398. The second kappa shape index (κ2) is 6.07. The van der Waals surface area contributed by atoms with Gasteiger partial charge in [-0.1, -0.05) is 48.0 Å². The highest BCUT2D eigenvalue weighted by Crippen LogP contribution is 2.32. The summed E-state index contributed by atoms with van der Waals surface area (Å²) >= 11 is 0. The van der Waals surface area contributed by atoms with Crippen LogP contribution < -0.4 is 0 Å². The fourth-order valence-electron chi connectivity index (χ4n) is 2.87. The minimum atomic E-state index is -3.90. The first-order chi connectivity index (χ1) is 12.5. The lowest BCUT2D eigenvalue weighted by molar-refractivity contribution is 0.588. The molecular formula is C20H15FN2O2S. The number of pyridine rings is 1. The summed E-state index contributed by atoms with van der Waals surface area (Å²) in [4.78, 5) is 4.60. The Morgan fingerprint density at radius 2 is 1.62 bits per heavy atom. The molecule has 0 amide bonds. The topological polar surface area (TPSA) is 51.4 Å². The maximum absolute atomic E-state index is 13.8. The number of rotatable bonds is 3. The molecule has 0 N–H and O–H groups in total. The van der Waals surface area contributed by atoms with E-state index in [-0.39, 0.29) is 9.92 Å². The van der Waals surface area contributed by atoms with Crippen molar-refractivity contribution in [1.82, 2.24) is 9.38 Å². The Balaban J connectivity index is 2.07. The van der Waals surface area contributed by atoms with Gasteiger partial charge >= 0.3 is 0 Å². The largest absolute Gasteiger partial charge is 0.287 e. The normalized spacial score (nSPS) is 11.8. The second-order valence-corrected chi connectivity index (χ2v) is 7.89. The van der Waals surface area contributed by atoms with Crippen LogP contribution in [0.1, 0.15) is 5.56 Å². The number of imidazole rings is 1. The highest BCUT2D eigenvalue weighted by Gasteiger charge is 2.28. The molecule has 0 saturated heterocycles. The van der Waals surface area contributed by atoms with E-state index in [0.29, 0.717) is 16.9 Å². The Morgan fingerprint density at radius 3 is 2.31 bits per heavy atom. The standard InChI is InChI=1S/C20H15FN2O2S/c1-14-7-10-17(11-8-14)26(24,25)20-19(15-5-3-2-4-6-15)22-18-12-9-16(21)13-23(18)20/h2-13H,1H3. The average Bonchev–Trinajstić information content (AvgIpc) is 3.02.